The first kappa shape index (κ1) is 30.7. The van der Waals surface area contributed by atoms with E-state index in [2.05, 4.69) is 34.9 Å². The zero-order chi connectivity index (χ0) is 29.8. The predicted octanol–water partition coefficient (Wildman–Crippen LogP) is 3.10. The van der Waals surface area contributed by atoms with Crippen LogP contribution in [0.2, 0.25) is 25.7 Å². The molecule has 12 heteroatoms. The number of aromatic nitrogens is 2. The van der Waals surface area contributed by atoms with Gasteiger partial charge in [0.2, 0.25) is 11.9 Å². The van der Waals surface area contributed by atoms with Crippen molar-refractivity contribution in [1.82, 2.24) is 20.2 Å². The van der Waals surface area contributed by atoms with Crippen LogP contribution < -0.4 is 15.8 Å². The Balaban J connectivity index is 1.13. The molecular formula is C29H43N5O6Si. The number of hydrogen-bond acceptors (Lipinski definition) is 8. The van der Waals surface area contributed by atoms with Gasteiger partial charge < -0.3 is 24.6 Å². The lowest BCUT2D eigenvalue weighted by Crippen LogP contribution is -2.46. The second-order valence-corrected chi connectivity index (χ2v) is 18.1. The Morgan fingerprint density at radius 2 is 1.95 bits per heavy atom. The summed E-state index contributed by atoms with van der Waals surface area (Å²) < 4.78 is 11.1. The minimum absolute atomic E-state index is 0.0212. The van der Waals surface area contributed by atoms with Gasteiger partial charge in [-0.05, 0) is 62.3 Å². The number of anilines is 1. The molecule has 0 bridgehead atoms. The number of ketones is 1. The Kier molecular flexibility index (Phi) is 9.53. The number of aromatic amines is 1. The van der Waals surface area contributed by atoms with Crippen molar-refractivity contribution in [3.05, 3.63) is 34.1 Å². The summed E-state index contributed by atoms with van der Waals surface area (Å²) in [5, 5.41) is 3.10. The molecule has 1 aromatic carbocycles. The van der Waals surface area contributed by atoms with Gasteiger partial charge in [0.15, 0.2) is 5.78 Å². The number of benzene rings is 1. The highest BCUT2D eigenvalue weighted by molar-refractivity contribution is 6.76. The summed E-state index contributed by atoms with van der Waals surface area (Å²) in [6, 6.07) is 6.70. The highest BCUT2D eigenvalue weighted by Gasteiger charge is 2.72. The maximum absolute atomic E-state index is 12.9. The van der Waals surface area contributed by atoms with Gasteiger partial charge in [-0.2, -0.15) is 0 Å². The molecule has 1 aromatic heterocycles. The fourth-order valence-corrected chi connectivity index (χ4v) is 6.06. The molecule has 11 nitrogen and oxygen atoms in total. The number of amides is 2. The number of Topliss-reactive ketones (excluding diaryl/α,β-unsaturated/α-hetero) is 1. The summed E-state index contributed by atoms with van der Waals surface area (Å²) in [5.41, 5.74) is 0.713. The number of H-pyrrole nitrogens is 1. The van der Waals surface area contributed by atoms with Crippen molar-refractivity contribution < 1.29 is 23.9 Å². The Labute approximate surface area is 242 Å². The molecule has 41 heavy (non-hydrogen) atoms. The van der Waals surface area contributed by atoms with Crippen molar-refractivity contribution in [2.24, 2.45) is 0 Å². The van der Waals surface area contributed by atoms with Crippen molar-refractivity contribution >= 4 is 42.7 Å². The molecular weight excluding hydrogens is 542 g/mol. The first-order valence-corrected chi connectivity index (χ1v) is 18.2. The van der Waals surface area contributed by atoms with Gasteiger partial charge in [0.25, 0.3) is 5.56 Å². The van der Waals surface area contributed by atoms with E-state index in [1.807, 2.05) is 32.3 Å². The molecule has 2 amide bonds. The molecule has 2 N–H and O–H groups in total. The zero-order valence-electron chi connectivity index (χ0n) is 24.9. The number of carbonyl (C=O) groups excluding carboxylic acids is 3. The van der Waals surface area contributed by atoms with Gasteiger partial charge >= 0.3 is 6.09 Å². The van der Waals surface area contributed by atoms with Crippen LogP contribution in [0.1, 0.15) is 37.7 Å². The van der Waals surface area contributed by atoms with Crippen molar-refractivity contribution in [3.8, 4) is 0 Å². The van der Waals surface area contributed by atoms with Crippen LogP contribution in [-0.4, -0.2) is 92.8 Å². The molecule has 1 aliphatic heterocycles. The molecule has 2 heterocycles. The molecule has 2 fully saturated rings. The zero-order valence-corrected chi connectivity index (χ0v) is 25.9. The first-order valence-electron chi connectivity index (χ1n) is 14.5. The van der Waals surface area contributed by atoms with E-state index in [1.54, 1.807) is 9.80 Å². The van der Waals surface area contributed by atoms with Gasteiger partial charge in [0, 0.05) is 35.3 Å². The maximum atomic E-state index is 12.9. The van der Waals surface area contributed by atoms with Crippen LogP contribution in [-0.2, 0) is 25.5 Å². The molecule has 2 aliphatic rings. The van der Waals surface area contributed by atoms with E-state index in [1.165, 1.54) is 0 Å². The minimum atomic E-state index is -1.28. The number of aryl methyl sites for hydroxylation is 1. The Morgan fingerprint density at radius 3 is 2.68 bits per heavy atom. The van der Waals surface area contributed by atoms with Gasteiger partial charge in [-0.25, -0.2) is 9.78 Å². The third-order valence-electron chi connectivity index (χ3n) is 7.78. The second-order valence-electron chi connectivity index (χ2n) is 12.4. The van der Waals surface area contributed by atoms with Crippen molar-refractivity contribution in [1.29, 1.82) is 0 Å². The summed E-state index contributed by atoms with van der Waals surface area (Å²) >= 11 is 0. The molecule has 4 rings (SSSR count). The van der Waals surface area contributed by atoms with Gasteiger partial charge in [0.1, 0.15) is 18.2 Å². The number of unbranched alkanes of at least 4 members (excludes halogenated alkanes) is 2. The largest absolute Gasteiger partial charge is 0.450 e. The highest BCUT2D eigenvalue weighted by atomic mass is 28.3. The van der Waals surface area contributed by atoms with E-state index >= 15 is 0 Å². The number of nitrogens with zero attached hydrogens (tertiary/aromatic N) is 3. The van der Waals surface area contributed by atoms with Gasteiger partial charge in [-0.1, -0.05) is 25.7 Å². The van der Waals surface area contributed by atoms with Crippen LogP contribution >= 0.6 is 0 Å². The predicted molar refractivity (Wildman–Crippen MR) is 160 cm³/mol. The van der Waals surface area contributed by atoms with Crippen LogP contribution in [0.4, 0.5) is 10.7 Å². The van der Waals surface area contributed by atoms with Crippen LogP contribution in [0.15, 0.2) is 23.0 Å². The van der Waals surface area contributed by atoms with Crippen molar-refractivity contribution in [2.75, 3.05) is 45.3 Å². The van der Waals surface area contributed by atoms with Crippen molar-refractivity contribution in [2.45, 2.75) is 75.9 Å². The molecule has 2 aromatic rings. The van der Waals surface area contributed by atoms with E-state index in [0.29, 0.717) is 42.8 Å². The Hall–Kier alpha value is -3.25. The fourth-order valence-electron chi connectivity index (χ4n) is 5.33. The SMILES string of the molecule is CN(C)c1nc2ccc(CCCCCOC(=O)NCC(=O)N3CCCC34C(=O)C4OCC[Si](C)(C)C)cc2c(=O)[nH]1. The van der Waals surface area contributed by atoms with Gasteiger partial charge in [0.05, 0.1) is 17.5 Å². The maximum Gasteiger partial charge on any atom is 0.407 e. The standard InChI is InChI=1S/C29H43N5O6Si/c1-33(2)27-31-22-12-11-20(18-21(22)26(37)32-27)10-7-6-8-15-40-28(38)30-19-23(35)34-14-9-13-29(34)24(36)25(29)39-16-17-41(3,4)5/h11-12,18,25H,6-10,13-17,19H2,1-5H3,(H,30,38)(H,31,32,37). The van der Waals surface area contributed by atoms with E-state index in [0.717, 1.165) is 37.3 Å². The van der Waals surface area contributed by atoms with Gasteiger partial charge in [-0.15, -0.1) is 0 Å². The molecule has 1 spiro atoms. The molecule has 224 valence electrons. The topological polar surface area (TPSA) is 134 Å². The molecule has 2 unspecified atom stereocenters. The number of fused-ring (bicyclic) bond motifs is 1. The lowest BCUT2D eigenvalue weighted by molar-refractivity contribution is -0.134. The number of ether oxygens (including phenoxy) is 2. The van der Waals surface area contributed by atoms with E-state index < -0.39 is 25.8 Å². The Morgan fingerprint density at radius 1 is 1.17 bits per heavy atom. The molecule has 1 saturated carbocycles. The van der Waals surface area contributed by atoms with E-state index in [9.17, 15) is 19.2 Å². The summed E-state index contributed by atoms with van der Waals surface area (Å²) in [7, 11) is 2.38. The third kappa shape index (κ3) is 7.34. The van der Waals surface area contributed by atoms with Crippen LogP contribution in [0.5, 0.6) is 0 Å². The number of hydrogen-bond donors (Lipinski definition) is 2. The molecule has 1 saturated heterocycles. The molecule has 1 aliphatic carbocycles. The minimum Gasteiger partial charge on any atom is -0.450 e. The number of nitrogens with one attached hydrogen (secondary N) is 2. The lowest BCUT2D eigenvalue weighted by atomic mass is 10.1. The monoisotopic (exact) mass is 585 g/mol. The van der Waals surface area contributed by atoms with Crippen molar-refractivity contribution in [3.63, 3.8) is 0 Å². The third-order valence-corrected chi connectivity index (χ3v) is 9.49. The molecule has 0 radical (unpaired) electrons. The first-order chi connectivity index (χ1) is 19.4. The summed E-state index contributed by atoms with van der Waals surface area (Å²) in [6.07, 6.45) is 3.38. The van der Waals surface area contributed by atoms with Crippen LogP contribution in [0.3, 0.4) is 0 Å². The summed E-state index contributed by atoms with van der Waals surface area (Å²) in [4.78, 5) is 60.7. The number of rotatable bonds is 13. The average molecular weight is 586 g/mol. The van der Waals surface area contributed by atoms with Crippen LogP contribution in [0, 0.1) is 0 Å². The Bertz CT molecular complexity index is 1340. The van der Waals surface area contributed by atoms with Gasteiger partial charge in [-0.3, -0.25) is 19.4 Å². The highest BCUT2D eigenvalue weighted by Crippen LogP contribution is 2.48. The quantitative estimate of drug-likeness (QED) is 0.271. The smallest absolute Gasteiger partial charge is 0.407 e. The normalized spacial score (nSPS) is 20.1. The van der Waals surface area contributed by atoms with Crippen LogP contribution in [0.25, 0.3) is 10.9 Å². The summed E-state index contributed by atoms with van der Waals surface area (Å²) in [5.74, 6) is 0.214. The summed E-state index contributed by atoms with van der Waals surface area (Å²) in [6.45, 7) is 7.84. The fraction of sp³-hybridized carbons (Fsp3) is 0.621. The number of alkyl carbamates (subject to hydrolysis) is 1. The average Bonchev–Trinajstić information content (AvgIpc) is 3.24. The lowest BCUT2D eigenvalue weighted by Gasteiger charge is -2.24. The number of carbonyl (C=O) groups is 3. The van der Waals surface area contributed by atoms with E-state index in [4.69, 9.17) is 9.47 Å². The molecule has 2 atom stereocenters. The van der Waals surface area contributed by atoms with E-state index in [-0.39, 0.29) is 30.4 Å². The number of likely N-dealkylation sites (tertiary alicyclic amines) is 1. The second kappa shape index (κ2) is 12.7.